The molecule has 0 aliphatic carbocycles. The summed E-state index contributed by atoms with van der Waals surface area (Å²) in [5, 5.41) is 3.44. The summed E-state index contributed by atoms with van der Waals surface area (Å²) < 4.78 is 5.67. The molecule has 0 spiro atoms. The Hall–Kier alpha value is -0.120. The third kappa shape index (κ3) is 4.94. The Morgan fingerprint density at radius 3 is 2.76 bits per heavy atom. The van der Waals surface area contributed by atoms with Crippen molar-refractivity contribution in [1.29, 1.82) is 0 Å². The van der Waals surface area contributed by atoms with E-state index in [1.54, 1.807) is 0 Å². The molecule has 3 heteroatoms. The molecule has 0 amide bonds. The third-order valence-corrected chi connectivity index (χ3v) is 4.15. The van der Waals surface area contributed by atoms with E-state index in [0.29, 0.717) is 6.10 Å². The second kappa shape index (κ2) is 7.34. The van der Waals surface area contributed by atoms with E-state index in [1.807, 2.05) is 0 Å². The fourth-order valence-electron chi connectivity index (χ4n) is 3.05. The van der Waals surface area contributed by atoms with Gasteiger partial charge in [-0.05, 0) is 71.1 Å². The lowest BCUT2D eigenvalue weighted by molar-refractivity contribution is 0.0803. The van der Waals surface area contributed by atoms with Gasteiger partial charge < -0.3 is 15.0 Å². The predicted octanol–water partition coefficient (Wildman–Crippen LogP) is 1.88. The third-order valence-electron chi connectivity index (χ3n) is 4.15. The van der Waals surface area contributed by atoms with Gasteiger partial charge >= 0.3 is 0 Å². The highest BCUT2D eigenvalue weighted by Gasteiger charge is 2.17. The van der Waals surface area contributed by atoms with E-state index in [-0.39, 0.29) is 0 Å². The van der Waals surface area contributed by atoms with E-state index in [0.717, 1.165) is 19.1 Å². The summed E-state index contributed by atoms with van der Waals surface area (Å²) >= 11 is 0. The van der Waals surface area contributed by atoms with Crippen molar-refractivity contribution in [3.05, 3.63) is 0 Å². The lowest BCUT2D eigenvalue weighted by atomic mass is 9.93. The second-order valence-electron chi connectivity index (χ2n) is 5.73. The Bertz CT molecular complexity index is 198. The van der Waals surface area contributed by atoms with Crippen molar-refractivity contribution in [3.63, 3.8) is 0 Å². The molecule has 1 atom stereocenters. The fraction of sp³-hybridized carbons (Fsp3) is 1.00. The molecule has 0 aromatic carbocycles. The molecule has 2 rings (SSSR count). The van der Waals surface area contributed by atoms with Gasteiger partial charge in [-0.25, -0.2) is 0 Å². The molecule has 0 aromatic rings. The SMILES string of the molecule is CN(CCCC1CCNCC1)CC1CCCO1. The lowest BCUT2D eigenvalue weighted by Gasteiger charge is -2.24. The normalized spacial score (nSPS) is 26.8. The number of likely N-dealkylation sites (N-methyl/N-ethyl adjacent to an activating group) is 1. The summed E-state index contributed by atoms with van der Waals surface area (Å²) in [6.45, 7) is 5.82. The average molecular weight is 240 g/mol. The summed E-state index contributed by atoms with van der Waals surface area (Å²) in [6.07, 6.45) is 8.57. The van der Waals surface area contributed by atoms with E-state index in [1.165, 1.54) is 58.2 Å². The summed E-state index contributed by atoms with van der Waals surface area (Å²) in [5.74, 6) is 0.979. The van der Waals surface area contributed by atoms with E-state index in [2.05, 4.69) is 17.3 Å². The molecular formula is C14H28N2O. The second-order valence-corrected chi connectivity index (χ2v) is 5.73. The standard InChI is InChI=1S/C14H28N2O/c1-16(12-14-5-3-11-17-14)10-2-4-13-6-8-15-9-7-13/h13-15H,2-12H2,1H3. The van der Waals surface area contributed by atoms with Crippen LogP contribution in [-0.2, 0) is 4.74 Å². The van der Waals surface area contributed by atoms with Crippen LogP contribution in [0.25, 0.3) is 0 Å². The molecular weight excluding hydrogens is 212 g/mol. The number of ether oxygens (including phenoxy) is 1. The number of rotatable bonds is 6. The fourth-order valence-corrected chi connectivity index (χ4v) is 3.05. The van der Waals surface area contributed by atoms with Gasteiger partial charge in [0.15, 0.2) is 0 Å². The Kier molecular flexibility index (Phi) is 5.75. The van der Waals surface area contributed by atoms with Gasteiger partial charge in [-0.3, -0.25) is 0 Å². The van der Waals surface area contributed by atoms with Gasteiger partial charge in [0.1, 0.15) is 0 Å². The minimum Gasteiger partial charge on any atom is -0.377 e. The molecule has 0 radical (unpaired) electrons. The van der Waals surface area contributed by atoms with E-state index in [9.17, 15) is 0 Å². The van der Waals surface area contributed by atoms with Gasteiger partial charge in [-0.2, -0.15) is 0 Å². The van der Waals surface area contributed by atoms with Gasteiger partial charge in [-0.1, -0.05) is 0 Å². The highest BCUT2D eigenvalue weighted by molar-refractivity contribution is 4.71. The first-order chi connectivity index (χ1) is 8.34. The Morgan fingerprint density at radius 2 is 2.06 bits per heavy atom. The Balaban J connectivity index is 1.51. The van der Waals surface area contributed by atoms with Crippen molar-refractivity contribution >= 4 is 0 Å². The maximum absolute atomic E-state index is 5.67. The highest BCUT2D eigenvalue weighted by atomic mass is 16.5. The molecule has 0 bridgehead atoms. The Labute approximate surface area is 106 Å². The maximum Gasteiger partial charge on any atom is 0.0702 e. The molecule has 2 heterocycles. The average Bonchev–Trinajstić information content (AvgIpc) is 2.83. The smallest absolute Gasteiger partial charge is 0.0702 e. The zero-order valence-corrected chi connectivity index (χ0v) is 11.3. The van der Waals surface area contributed by atoms with Gasteiger partial charge in [0, 0.05) is 13.2 Å². The lowest BCUT2D eigenvalue weighted by Crippen LogP contribution is -2.31. The molecule has 17 heavy (non-hydrogen) atoms. The number of piperidine rings is 1. The quantitative estimate of drug-likeness (QED) is 0.767. The van der Waals surface area contributed by atoms with Crippen LogP contribution in [0.15, 0.2) is 0 Å². The van der Waals surface area contributed by atoms with Crippen molar-refractivity contribution in [2.45, 2.75) is 44.6 Å². The van der Waals surface area contributed by atoms with E-state index in [4.69, 9.17) is 4.74 Å². The van der Waals surface area contributed by atoms with Crippen molar-refractivity contribution in [2.24, 2.45) is 5.92 Å². The van der Waals surface area contributed by atoms with Crippen molar-refractivity contribution < 1.29 is 4.74 Å². The van der Waals surface area contributed by atoms with Crippen molar-refractivity contribution in [3.8, 4) is 0 Å². The van der Waals surface area contributed by atoms with Crippen LogP contribution < -0.4 is 5.32 Å². The first kappa shape index (κ1) is 13.3. The molecule has 0 aromatic heterocycles. The molecule has 100 valence electrons. The van der Waals surface area contributed by atoms with E-state index < -0.39 is 0 Å². The van der Waals surface area contributed by atoms with Crippen LogP contribution >= 0.6 is 0 Å². The summed E-state index contributed by atoms with van der Waals surface area (Å²) in [6, 6.07) is 0. The predicted molar refractivity (Wildman–Crippen MR) is 71.3 cm³/mol. The van der Waals surface area contributed by atoms with Crippen LogP contribution in [0.1, 0.15) is 38.5 Å². The largest absolute Gasteiger partial charge is 0.377 e. The van der Waals surface area contributed by atoms with Crippen LogP contribution in [0.2, 0.25) is 0 Å². The summed E-state index contributed by atoms with van der Waals surface area (Å²) in [4.78, 5) is 2.46. The molecule has 0 saturated carbocycles. The first-order valence-electron chi connectivity index (χ1n) is 7.35. The molecule has 2 saturated heterocycles. The Morgan fingerprint density at radius 1 is 1.24 bits per heavy atom. The van der Waals surface area contributed by atoms with Gasteiger partial charge in [-0.15, -0.1) is 0 Å². The molecule has 2 fully saturated rings. The number of nitrogens with one attached hydrogen (secondary N) is 1. The first-order valence-corrected chi connectivity index (χ1v) is 7.35. The summed E-state index contributed by atoms with van der Waals surface area (Å²) in [5.41, 5.74) is 0. The van der Waals surface area contributed by atoms with Crippen LogP contribution in [0, 0.1) is 5.92 Å². The van der Waals surface area contributed by atoms with Crippen molar-refractivity contribution in [1.82, 2.24) is 10.2 Å². The van der Waals surface area contributed by atoms with E-state index >= 15 is 0 Å². The topological polar surface area (TPSA) is 24.5 Å². The van der Waals surface area contributed by atoms with Crippen LogP contribution in [-0.4, -0.2) is 50.8 Å². The zero-order valence-electron chi connectivity index (χ0n) is 11.3. The monoisotopic (exact) mass is 240 g/mol. The molecule has 1 N–H and O–H groups in total. The highest BCUT2D eigenvalue weighted by Crippen LogP contribution is 2.18. The number of nitrogens with zero attached hydrogens (tertiary/aromatic N) is 1. The minimum atomic E-state index is 0.513. The van der Waals surface area contributed by atoms with Crippen molar-refractivity contribution in [2.75, 3.05) is 39.8 Å². The summed E-state index contributed by atoms with van der Waals surface area (Å²) in [7, 11) is 2.24. The van der Waals surface area contributed by atoms with Crippen LogP contribution in [0.5, 0.6) is 0 Å². The molecule has 2 aliphatic heterocycles. The number of hydrogen-bond donors (Lipinski definition) is 1. The molecule has 2 aliphatic rings. The van der Waals surface area contributed by atoms with Crippen LogP contribution in [0.4, 0.5) is 0 Å². The molecule has 3 nitrogen and oxygen atoms in total. The maximum atomic E-state index is 5.67. The van der Waals surface area contributed by atoms with Gasteiger partial charge in [0.05, 0.1) is 6.10 Å². The van der Waals surface area contributed by atoms with Gasteiger partial charge in [0.2, 0.25) is 0 Å². The zero-order chi connectivity index (χ0) is 11.9. The minimum absolute atomic E-state index is 0.513. The van der Waals surface area contributed by atoms with Crippen LogP contribution in [0.3, 0.4) is 0 Å². The molecule has 1 unspecified atom stereocenters. The number of hydrogen-bond acceptors (Lipinski definition) is 3. The van der Waals surface area contributed by atoms with Gasteiger partial charge in [0.25, 0.3) is 0 Å².